The molecule has 29 heavy (non-hydrogen) atoms. The third-order valence-electron chi connectivity index (χ3n) is 5.82. The van der Waals surface area contributed by atoms with E-state index in [1.165, 1.54) is 6.42 Å². The second-order valence-electron chi connectivity index (χ2n) is 8.00. The summed E-state index contributed by atoms with van der Waals surface area (Å²) in [5.41, 5.74) is 0.587. The lowest BCUT2D eigenvalue weighted by Crippen LogP contribution is -2.44. The number of halogens is 1. The van der Waals surface area contributed by atoms with Crippen molar-refractivity contribution in [3.05, 3.63) is 34.9 Å². The Morgan fingerprint density at radius 2 is 1.66 bits per heavy atom. The zero-order valence-electron chi connectivity index (χ0n) is 16.9. The molecule has 158 valence electrons. The van der Waals surface area contributed by atoms with E-state index in [1.807, 2.05) is 0 Å². The quantitative estimate of drug-likeness (QED) is 0.739. The molecule has 0 spiro atoms. The van der Waals surface area contributed by atoms with Crippen molar-refractivity contribution >= 4 is 29.4 Å². The molecule has 3 rings (SSSR count). The molecule has 0 radical (unpaired) electrons. The largest absolute Gasteiger partial charge is 0.452 e. The maximum Gasteiger partial charge on any atom is 0.309 e. The number of carbonyl (C=O) groups is 3. The van der Waals surface area contributed by atoms with Crippen molar-refractivity contribution in [1.82, 2.24) is 10.2 Å². The van der Waals surface area contributed by atoms with Crippen molar-refractivity contribution < 1.29 is 19.1 Å². The Labute approximate surface area is 176 Å². The van der Waals surface area contributed by atoms with E-state index in [-0.39, 0.29) is 29.7 Å². The van der Waals surface area contributed by atoms with Crippen LogP contribution in [0.2, 0.25) is 5.02 Å². The fourth-order valence-corrected chi connectivity index (χ4v) is 4.11. The molecule has 0 aromatic heterocycles. The van der Waals surface area contributed by atoms with E-state index >= 15 is 0 Å². The van der Waals surface area contributed by atoms with Gasteiger partial charge in [-0.25, -0.2) is 0 Å². The van der Waals surface area contributed by atoms with E-state index in [0.717, 1.165) is 25.7 Å². The maximum absolute atomic E-state index is 12.6. The average Bonchev–Trinajstić information content (AvgIpc) is 2.74. The predicted octanol–water partition coefficient (Wildman–Crippen LogP) is 3.57. The Hall–Kier alpha value is -2.08. The van der Waals surface area contributed by atoms with Crippen LogP contribution in [0.4, 0.5) is 0 Å². The number of ether oxygens (including phenoxy) is 1. The molecular weight excluding hydrogens is 392 g/mol. The summed E-state index contributed by atoms with van der Waals surface area (Å²) < 4.78 is 5.42. The van der Waals surface area contributed by atoms with Gasteiger partial charge in [0, 0.05) is 29.7 Å². The van der Waals surface area contributed by atoms with Crippen molar-refractivity contribution in [2.45, 2.75) is 64.0 Å². The summed E-state index contributed by atoms with van der Waals surface area (Å²) in [4.78, 5) is 39.1. The number of carbonyl (C=O) groups excluding carboxylic acids is 3. The van der Waals surface area contributed by atoms with Crippen LogP contribution in [-0.4, -0.2) is 47.9 Å². The summed E-state index contributed by atoms with van der Waals surface area (Å²) >= 11 is 5.87. The van der Waals surface area contributed by atoms with Crippen LogP contribution in [0.25, 0.3) is 0 Å². The number of nitrogens with zero attached hydrogens (tertiary/aromatic N) is 1. The summed E-state index contributed by atoms with van der Waals surface area (Å²) in [6.45, 7) is 2.60. The van der Waals surface area contributed by atoms with E-state index in [1.54, 1.807) is 36.1 Å². The minimum Gasteiger partial charge on any atom is -0.452 e. The highest BCUT2D eigenvalue weighted by molar-refractivity contribution is 6.30. The smallest absolute Gasteiger partial charge is 0.309 e. The summed E-state index contributed by atoms with van der Waals surface area (Å²) in [5, 5.41) is 3.58. The van der Waals surface area contributed by atoms with Crippen LogP contribution in [0.1, 0.15) is 62.2 Å². The number of amides is 2. The molecule has 0 bridgehead atoms. The topological polar surface area (TPSA) is 75.7 Å². The van der Waals surface area contributed by atoms with Gasteiger partial charge in [0.2, 0.25) is 0 Å². The molecule has 1 N–H and O–H groups in total. The number of rotatable bonds is 5. The van der Waals surface area contributed by atoms with Crippen LogP contribution < -0.4 is 5.32 Å². The van der Waals surface area contributed by atoms with Crippen LogP contribution in [0, 0.1) is 5.92 Å². The second-order valence-corrected chi connectivity index (χ2v) is 8.43. The Morgan fingerprint density at radius 3 is 2.28 bits per heavy atom. The fourth-order valence-electron chi connectivity index (χ4n) is 3.98. The van der Waals surface area contributed by atoms with Crippen molar-refractivity contribution in [3.63, 3.8) is 0 Å². The molecule has 1 saturated carbocycles. The highest BCUT2D eigenvalue weighted by Gasteiger charge is 2.31. The molecule has 1 atom stereocenters. The first kappa shape index (κ1) is 21.6. The van der Waals surface area contributed by atoms with Gasteiger partial charge in [0.25, 0.3) is 11.8 Å². The van der Waals surface area contributed by atoms with Crippen molar-refractivity contribution in [3.8, 4) is 0 Å². The molecule has 6 nitrogen and oxygen atoms in total. The lowest BCUT2D eigenvalue weighted by Gasteiger charge is -2.31. The van der Waals surface area contributed by atoms with Gasteiger partial charge in [-0.2, -0.15) is 0 Å². The Morgan fingerprint density at radius 1 is 1.03 bits per heavy atom. The number of benzene rings is 1. The zero-order chi connectivity index (χ0) is 20.8. The summed E-state index contributed by atoms with van der Waals surface area (Å²) in [5.74, 6) is -0.918. The molecule has 1 saturated heterocycles. The number of esters is 1. The average molecular weight is 421 g/mol. The highest BCUT2D eigenvalue weighted by atomic mass is 35.5. The molecule has 1 aliphatic carbocycles. The highest BCUT2D eigenvalue weighted by Crippen LogP contribution is 2.22. The lowest BCUT2D eigenvalue weighted by molar-refractivity contribution is -0.160. The lowest BCUT2D eigenvalue weighted by atomic mass is 9.95. The monoisotopic (exact) mass is 420 g/mol. The van der Waals surface area contributed by atoms with Crippen LogP contribution in [0.3, 0.4) is 0 Å². The van der Waals surface area contributed by atoms with E-state index in [0.29, 0.717) is 36.5 Å². The first-order chi connectivity index (χ1) is 13.9. The van der Waals surface area contributed by atoms with Crippen molar-refractivity contribution in [1.29, 1.82) is 0 Å². The summed E-state index contributed by atoms with van der Waals surface area (Å²) in [7, 11) is 0. The number of likely N-dealkylation sites (tertiary alicyclic amines) is 1. The van der Waals surface area contributed by atoms with E-state index < -0.39 is 6.10 Å². The number of hydrogen-bond donors (Lipinski definition) is 1. The van der Waals surface area contributed by atoms with Gasteiger partial charge in [-0.1, -0.05) is 30.9 Å². The third-order valence-corrected chi connectivity index (χ3v) is 6.07. The molecule has 2 amide bonds. The molecule has 2 fully saturated rings. The molecule has 2 aliphatic rings. The minimum atomic E-state index is -0.793. The Kier molecular flexibility index (Phi) is 7.53. The predicted molar refractivity (Wildman–Crippen MR) is 111 cm³/mol. The van der Waals surface area contributed by atoms with Crippen molar-refractivity contribution in [2.75, 3.05) is 13.1 Å². The van der Waals surface area contributed by atoms with Crippen molar-refractivity contribution in [2.24, 2.45) is 5.92 Å². The first-order valence-corrected chi connectivity index (χ1v) is 10.9. The molecule has 1 aliphatic heterocycles. The van der Waals surface area contributed by atoms with Crippen LogP contribution >= 0.6 is 11.6 Å². The first-order valence-electron chi connectivity index (χ1n) is 10.5. The van der Waals surface area contributed by atoms with Crippen LogP contribution in [0.5, 0.6) is 0 Å². The van der Waals surface area contributed by atoms with E-state index in [2.05, 4.69) is 5.32 Å². The Balaban J connectivity index is 1.43. The van der Waals surface area contributed by atoms with Crippen LogP contribution in [-0.2, 0) is 14.3 Å². The van der Waals surface area contributed by atoms with Crippen LogP contribution in [0.15, 0.2) is 24.3 Å². The number of piperidine rings is 1. The number of hydrogen-bond acceptors (Lipinski definition) is 4. The van der Waals surface area contributed by atoms with Gasteiger partial charge in [0.1, 0.15) is 0 Å². The maximum atomic E-state index is 12.6. The second kappa shape index (κ2) is 10.1. The molecule has 1 aromatic carbocycles. The normalized spacial score (nSPS) is 19.4. The molecule has 1 aromatic rings. The van der Waals surface area contributed by atoms with Gasteiger partial charge in [0.15, 0.2) is 6.10 Å². The van der Waals surface area contributed by atoms with Gasteiger partial charge in [-0.15, -0.1) is 0 Å². The summed E-state index contributed by atoms with van der Waals surface area (Å²) in [6, 6.07) is 6.99. The van der Waals surface area contributed by atoms with E-state index in [4.69, 9.17) is 16.3 Å². The number of nitrogens with one attached hydrogen (secondary N) is 1. The fraction of sp³-hybridized carbons (Fsp3) is 0.591. The molecular formula is C22H29ClN2O4. The van der Waals surface area contributed by atoms with E-state index in [9.17, 15) is 14.4 Å². The Bertz CT molecular complexity index is 723. The summed E-state index contributed by atoms with van der Waals surface area (Å²) in [6.07, 6.45) is 5.75. The molecule has 0 unspecified atom stereocenters. The van der Waals surface area contributed by atoms with Gasteiger partial charge >= 0.3 is 5.97 Å². The standard InChI is InChI=1S/C22H29ClN2O4/c1-15(20(26)24-19-5-3-2-4-6-19)29-22(28)17-11-13-25(14-12-17)21(27)16-7-9-18(23)10-8-16/h7-10,15,17,19H,2-6,11-14H2,1H3,(H,24,26)/t15-/m1/s1. The minimum absolute atomic E-state index is 0.0614. The van der Waals surface area contributed by atoms with Gasteiger partial charge in [-0.05, 0) is 56.9 Å². The molecule has 7 heteroatoms. The van der Waals surface area contributed by atoms with Gasteiger partial charge < -0.3 is 15.0 Å². The van der Waals surface area contributed by atoms with Gasteiger partial charge in [-0.3, -0.25) is 14.4 Å². The SMILES string of the molecule is C[C@@H](OC(=O)C1CCN(C(=O)c2ccc(Cl)cc2)CC1)C(=O)NC1CCCCC1. The zero-order valence-corrected chi connectivity index (χ0v) is 17.6. The third kappa shape index (κ3) is 5.95. The van der Waals surface area contributed by atoms with Gasteiger partial charge in [0.05, 0.1) is 5.92 Å². The molecule has 1 heterocycles.